The smallest absolute Gasteiger partial charge is 0.337 e. The van der Waals surface area contributed by atoms with Crippen LogP contribution < -0.4 is 0 Å². The third-order valence-corrected chi connectivity index (χ3v) is 10.4. The molecule has 0 bridgehead atoms. The first kappa shape index (κ1) is 23.4. The molecule has 2 aliphatic carbocycles. The number of hydrogen-bond donors (Lipinski definition) is 0. The molecule has 2 fully saturated rings. The van der Waals surface area contributed by atoms with E-state index in [9.17, 15) is 26.4 Å². The zero-order chi connectivity index (χ0) is 24.1. The summed E-state index contributed by atoms with van der Waals surface area (Å²) >= 11 is 0. The molecule has 182 valence electrons. The molecule has 8 heteroatoms. The largest absolute Gasteiger partial charge is 0.393 e. The van der Waals surface area contributed by atoms with Gasteiger partial charge in [0.2, 0.25) is 5.91 Å². The number of fused-ring (bicyclic) bond motifs is 3. The van der Waals surface area contributed by atoms with Crippen LogP contribution in [-0.4, -0.2) is 38.0 Å². The van der Waals surface area contributed by atoms with Gasteiger partial charge >= 0.3 is 6.18 Å². The Bertz CT molecular complexity index is 1190. The Morgan fingerprint density at radius 1 is 1.03 bits per heavy atom. The van der Waals surface area contributed by atoms with Crippen LogP contribution in [0.1, 0.15) is 54.4 Å². The Balaban J connectivity index is 1.59. The fourth-order valence-corrected chi connectivity index (χ4v) is 8.56. The number of alkyl halides is 3. The maximum atomic E-state index is 14.1. The predicted molar refractivity (Wildman–Crippen MR) is 123 cm³/mol. The summed E-state index contributed by atoms with van der Waals surface area (Å²) in [4.78, 5) is 15.0. The van der Waals surface area contributed by atoms with Crippen LogP contribution in [0.4, 0.5) is 13.2 Å². The van der Waals surface area contributed by atoms with E-state index < -0.39 is 33.2 Å². The van der Waals surface area contributed by atoms with E-state index in [0.717, 1.165) is 19.3 Å². The highest BCUT2D eigenvalue weighted by molar-refractivity contribution is 7.91. The number of nitrogens with zero attached hydrogens (tertiary/aromatic N) is 1. The van der Waals surface area contributed by atoms with Crippen LogP contribution in [0.25, 0.3) is 0 Å². The molecule has 0 N–H and O–H groups in total. The van der Waals surface area contributed by atoms with E-state index in [1.54, 1.807) is 35.2 Å². The molecule has 1 aliphatic heterocycles. The minimum absolute atomic E-state index is 0.0326. The zero-order valence-electron chi connectivity index (χ0n) is 18.9. The Kier molecular flexibility index (Phi) is 5.78. The quantitative estimate of drug-likeness (QED) is 0.595. The molecule has 0 aromatic heterocycles. The van der Waals surface area contributed by atoms with Crippen LogP contribution in [-0.2, 0) is 38.0 Å². The Labute approximate surface area is 198 Å². The Hall–Kier alpha value is -2.35. The molecule has 0 spiro atoms. The van der Waals surface area contributed by atoms with Gasteiger partial charge in [-0.2, -0.15) is 13.2 Å². The van der Waals surface area contributed by atoms with Crippen molar-refractivity contribution >= 4 is 15.7 Å². The Morgan fingerprint density at radius 2 is 1.76 bits per heavy atom. The van der Waals surface area contributed by atoms with E-state index in [1.807, 2.05) is 6.07 Å². The van der Waals surface area contributed by atoms with Crippen LogP contribution in [0, 0.1) is 5.92 Å². The van der Waals surface area contributed by atoms with Crippen LogP contribution in [0.3, 0.4) is 0 Å². The predicted octanol–water partition coefficient (Wildman–Crippen LogP) is 4.95. The highest BCUT2D eigenvalue weighted by Crippen LogP contribution is 2.52. The second kappa shape index (κ2) is 8.40. The van der Waals surface area contributed by atoms with Crippen molar-refractivity contribution in [1.29, 1.82) is 0 Å². The average Bonchev–Trinajstić information content (AvgIpc) is 3.13. The number of sulfone groups is 1. The summed E-state index contributed by atoms with van der Waals surface area (Å²) in [5.41, 5.74) is 2.04. The van der Waals surface area contributed by atoms with Gasteiger partial charge in [0.25, 0.3) is 0 Å². The summed E-state index contributed by atoms with van der Waals surface area (Å²) in [7, 11) is -3.79. The molecule has 3 aliphatic rings. The molecular weight excluding hydrogens is 463 g/mol. The highest BCUT2D eigenvalue weighted by atomic mass is 32.2. The molecule has 0 radical (unpaired) electrons. The summed E-state index contributed by atoms with van der Waals surface area (Å²) in [5.74, 6) is -0.173. The molecule has 1 heterocycles. The molecule has 2 aromatic rings. The van der Waals surface area contributed by atoms with Crippen molar-refractivity contribution in [2.45, 2.75) is 67.7 Å². The first-order valence-electron chi connectivity index (χ1n) is 11.9. The lowest BCUT2D eigenvalue weighted by molar-refractivity contribution is -0.139. The number of benzene rings is 2. The van der Waals surface area contributed by atoms with Crippen LogP contribution >= 0.6 is 0 Å². The van der Waals surface area contributed by atoms with E-state index >= 15 is 0 Å². The van der Waals surface area contributed by atoms with Gasteiger partial charge in [0.1, 0.15) is 4.75 Å². The summed E-state index contributed by atoms with van der Waals surface area (Å²) in [6, 6.07) is 13.0. The van der Waals surface area contributed by atoms with E-state index in [2.05, 4.69) is 0 Å². The molecule has 2 atom stereocenters. The van der Waals surface area contributed by atoms with Gasteiger partial charge in [-0.25, -0.2) is 8.42 Å². The lowest BCUT2D eigenvalue weighted by atomic mass is 9.77. The molecule has 2 aromatic carbocycles. The van der Waals surface area contributed by atoms with Crippen molar-refractivity contribution in [3.63, 3.8) is 0 Å². The van der Waals surface area contributed by atoms with Crippen LogP contribution in [0.5, 0.6) is 0 Å². The number of likely N-dealkylation sites (tertiary alicyclic amines) is 1. The average molecular weight is 492 g/mol. The Morgan fingerprint density at radius 3 is 2.41 bits per heavy atom. The maximum Gasteiger partial charge on any atom is 0.393 e. The van der Waals surface area contributed by atoms with Crippen molar-refractivity contribution in [2.75, 3.05) is 6.54 Å². The summed E-state index contributed by atoms with van der Waals surface area (Å²) in [5, 5.41) is 0. The molecule has 5 rings (SSSR count). The van der Waals surface area contributed by atoms with Gasteiger partial charge in [-0.1, -0.05) is 55.0 Å². The minimum atomic E-state index is -4.33. The summed E-state index contributed by atoms with van der Waals surface area (Å²) in [6.45, 7) is 0.359. The zero-order valence-corrected chi connectivity index (χ0v) is 19.7. The van der Waals surface area contributed by atoms with Gasteiger partial charge in [0.15, 0.2) is 9.84 Å². The van der Waals surface area contributed by atoms with Gasteiger partial charge in [0, 0.05) is 12.5 Å². The molecule has 1 amide bonds. The summed E-state index contributed by atoms with van der Waals surface area (Å²) < 4.78 is 66.0. The third-order valence-electron chi connectivity index (χ3n) is 7.85. The molecule has 1 saturated carbocycles. The van der Waals surface area contributed by atoms with Gasteiger partial charge in [-0.3, -0.25) is 4.79 Å². The van der Waals surface area contributed by atoms with Gasteiger partial charge in [-0.15, -0.1) is 0 Å². The third kappa shape index (κ3) is 3.93. The number of halogens is 3. The van der Waals surface area contributed by atoms with Crippen LogP contribution in [0.15, 0.2) is 48.5 Å². The standard InChI is InChI=1S/C26H28F3NO3S/c27-26(28,29)16-19-9-11-22-21(15-19)10-12-23-25(22,13-14-30(23)24(31)20-7-4-8-20)34(32,33)17-18-5-2-1-3-6-18/h1-3,5-6,9,11,15,20,23H,4,7-8,10,12-14,16-17H2. The first-order chi connectivity index (χ1) is 16.1. The molecule has 2 unspecified atom stereocenters. The minimum Gasteiger partial charge on any atom is -0.337 e. The number of amides is 1. The lowest BCUT2D eigenvalue weighted by Crippen LogP contribution is -2.53. The van der Waals surface area contributed by atoms with Crippen molar-refractivity contribution in [1.82, 2.24) is 4.90 Å². The molecule has 1 saturated heterocycles. The molecular formula is C26H28F3NO3S. The van der Waals surface area contributed by atoms with Gasteiger partial charge in [0.05, 0.1) is 18.2 Å². The number of rotatable bonds is 5. The van der Waals surface area contributed by atoms with Crippen molar-refractivity contribution in [3.8, 4) is 0 Å². The lowest BCUT2D eigenvalue weighted by Gasteiger charge is -2.44. The monoisotopic (exact) mass is 491 g/mol. The molecule has 34 heavy (non-hydrogen) atoms. The van der Waals surface area contributed by atoms with E-state index in [4.69, 9.17) is 0 Å². The van der Waals surface area contributed by atoms with Crippen LogP contribution in [0.2, 0.25) is 0 Å². The van der Waals surface area contributed by atoms with Gasteiger partial charge in [-0.05, 0) is 54.4 Å². The first-order valence-corrected chi connectivity index (χ1v) is 13.5. The summed E-state index contributed by atoms with van der Waals surface area (Å²) in [6.07, 6.45) is -1.51. The second-order valence-electron chi connectivity index (χ2n) is 9.88. The number of aryl methyl sites for hydroxylation is 1. The SMILES string of the molecule is O=C(C1CCC1)N1CCC2(S(=O)(=O)Cc3ccccc3)c3ccc(CC(F)(F)F)cc3CCC12. The fraction of sp³-hybridized carbons (Fsp3) is 0.500. The number of hydrogen-bond acceptors (Lipinski definition) is 3. The maximum absolute atomic E-state index is 14.1. The van der Waals surface area contributed by atoms with E-state index in [0.29, 0.717) is 36.1 Å². The number of carbonyl (C=O) groups excluding carboxylic acids is 1. The highest BCUT2D eigenvalue weighted by Gasteiger charge is 2.60. The fourth-order valence-electron chi connectivity index (χ4n) is 6.07. The van der Waals surface area contributed by atoms with Crippen molar-refractivity contribution in [3.05, 3.63) is 70.8 Å². The number of carbonyl (C=O) groups is 1. The van der Waals surface area contributed by atoms with Crippen molar-refractivity contribution in [2.24, 2.45) is 5.92 Å². The van der Waals surface area contributed by atoms with Crippen molar-refractivity contribution < 1.29 is 26.4 Å². The van der Waals surface area contributed by atoms with E-state index in [-0.39, 0.29) is 29.6 Å². The van der Waals surface area contributed by atoms with Gasteiger partial charge < -0.3 is 4.90 Å². The van der Waals surface area contributed by atoms with E-state index in [1.165, 1.54) is 12.1 Å². The second-order valence-corrected chi connectivity index (χ2v) is 12.1. The topological polar surface area (TPSA) is 54.5 Å². The molecule has 4 nitrogen and oxygen atoms in total. The normalized spacial score (nSPS) is 24.9.